The molecule has 2 N–H and O–H groups in total. The standard InChI is InChI=1S/C12H13N3O3S/c1-3-8(6-16)14-10(17)9-4-13-12-15(11(9)18)5-7(2)19-12/h3-5,8,16H,1,6H2,2H3,(H,14,17)/t8-/m1/s1. The van der Waals surface area contributed by atoms with Gasteiger partial charge in [0, 0.05) is 17.3 Å². The Morgan fingerprint density at radius 1 is 1.74 bits per heavy atom. The zero-order valence-electron chi connectivity index (χ0n) is 10.3. The van der Waals surface area contributed by atoms with E-state index in [0.717, 1.165) is 4.88 Å². The highest BCUT2D eigenvalue weighted by Gasteiger charge is 2.16. The summed E-state index contributed by atoms with van der Waals surface area (Å²) in [4.78, 5) is 29.6. The number of aliphatic hydroxyl groups is 1. The van der Waals surface area contributed by atoms with Crippen LogP contribution in [0.1, 0.15) is 15.2 Å². The molecule has 19 heavy (non-hydrogen) atoms. The van der Waals surface area contributed by atoms with E-state index in [1.54, 1.807) is 6.20 Å². The molecule has 2 rings (SSSR count). The molecule has 0 unspecified atom stereocenters. The summed E-state index contributed by atoms with van der Waals surface area (Å²) in [6.07, 6.45) is 4.29. The smallest absolute Gasteiger partial charge is 0.271 e. The van der Waals surface area contributed by atoms with E-state index in [4.69, 9.17) is 5.11 Å². The molecule has 1 atom stereocenters. The van der Waals surface area contributed by atoms with Crippen LogP contribution in [-0.4, -0.2) is 33.0 Å². The first kappa shape index (κ1) is 13.4. The fourth-order valence-electron chi connectivity index (χ4n) is 1.58. The van der Waals surface area contributed by atoms with Gasteiger partial charge in [0.15, 0.2) is 4.96 Å². The number of carbonyl (C=O) groups excluding carboxylic acids is 1. The van der Waals surface area contributed by atoms with Crippen LogP contribution >= 0.6 is 11.3 Å². The third-order valence-corrected chi connectivity index (χ3v) is 3.48. The number of nitrogens with zero attached hydrogens (tertiary/aromatic N) is 2. The predicted octanol–water partition coefficient (Wildman–Crippen LogP) is 0.341. The fraction of sp³-hybridized carbons (Fsp3) is 0.250. The SMILES string of the molecule is C=C[C@H](CO)NC(=O)c1cnc2sc(C)cn2c1=O. The lowest BCUT2D eigenvalue weighted by atomic mass is 10.2. The first-order valence-electron chi connectivity index (χ1n) is 5.59. The maximum absolute atomic E-state index is 12.1. The van der Waals surface area contributed by atoms with Crippen LogP contribution in [0, 0.1) is 6.92 Å². The number of hydrogen-bond acceptors (Lipinski definition) is 5. The van der Waals surface area contributed by atoms with E-state index in [1.165, 1.54) is 28.0 Å². The van der Waals surface area contributed by atoms with Crippen molar-refractivity contribution in [1.82, 2.24) is 14.7 Å². The van der Waals surface area contributed by atoms with E-state index >= 15 is 0 Å². The summed E-state index contributed by atoms with van der Waals surface area (Å²) in [5, 5.41) is 11.5. The van der Waals surface area contributed by atoms with Crippen LogP contribution in [0.15, 0.2) is 29.8 Å². The molecular formula is C12H13N3O3S. The second kappa shape index (κ2) is 5.33. The van der Waals surface area contributed by atoms with Crippen molar-refractivity contribution >= 4 is 22.2 Å². The zero-order valence-corrected chi connectivity index (χ0v) is 11.1. The van der Waals surface area contributed by atoms with Gasteiger partial charge in [0.1, 0.15) is 5.56 Å². The number of carbonyl (C=O) groups is 1. The molecular weight excluding hydrogens is 266 g/mol. The molecule has 6 nitrogen and oxygen atoms in total. The zero-order chi connectivity index (χ0) is 14.0. The Labute approximate surface area is 113 Å². The highest BCUT2D eigenvalue weighted by atomic mass is 32.1. The lowest BCUT2D eigenvalue weighted by molar-refractivity contribution is 0.0927. The lowest BCUT2D eigenvalue weighted by Crippen LogP contribution is -2.39. The van der Waals surface area contributed by atoms with Gasteiger partial charge in [-0.3, -0.25) is 14.0 Å². The Balaban J connectivity index is 2.40. The van der Waals surface area contributed by atoms with E-state index in [9.17, 15) is 9.59 Å². The largest absolute Gasteiger partial charge is 0.394 e. The normalized spacial score (nSPS) is 12.3. The Morgan fingerprint density at radius 2 is 2.47 bits per heavy atom. The fourth-order valence-corrected chi connectivity index (χ4v) is 2.36. The molecule has 2 aromatic rings. The van der Waals surface area contributed by atoms with Crippen LogP contribution in [0.5, 0.6) is 0 Å². The van der Waals surface area contributed by atoms with Crippen molar-refractivity contribution in [1.29, 1.82) is 0 Å². The van der Waals surface area contributed by atoms with Crippen LogP contribution in [0.2, 0.25) is 0 Å². The molecule has 0 fully saturated rings. The number of amides is 1. The molecule has 0 spiro atoms. The Bertz CT molecular complexity index is 689. The molecule has 0 aliphatic heterocycles. The van der Waals surface area contributed by atoms with Gasteiger partial charge in [-0.25, -0.2) is 4.98 Å². The highest BCUT2D eigenvalue weighted by Crippen LogP contribution is 2.12. The molecule has 1 amide bonds. The van der Waals surface area contributed by atoms with Crippen molar-refractivity contribution in [3.8, 4) is 0 Å². The number of aryl methyl sites for hydroxylation is 1. The van der Waals surface area contributed by atoms with Crippen molar-refractivity contribution in [2.75, 3.05) is 6.61 Å². The maximum Gasteiger partial charge on any atom is 0.271 e. The van der Waals surface area contributed by atoms with E-state index in [1.807, 2.05) is 6.92 Å². The van der Waals surface area contributed by atoms with Gasteiger partial charge in [0.25, 0.3) is 11.5 Å². The molecule has 0 aliphatic rings. The topological polar surface area (TPSA) is 83.7 Å². The molecule has 0 saturated heterocycles. The van der Waals surface area contributed by atoms with Crippen molar-refractivity contribution in [2.45, 2.75) is 13.0 Å². The van der Waals surface area contributed by atoms with Gasteiger partial charge in [-0.1, -0.05) is 6.08 Å². The molecule has 0 bridgehead atoms. The van der Waals surface area contributed by atoms with E-state index in [2.05, 4.69) is 16.9 Å². The summed E-state index contributed by atoms with van der Waals surface area (Å²) < 4.78 is 1.34. The third kappa shape index (κ3) is 2.56. The summed E-state index contributed by atoms with van der Waals surface area (Å²) in [6.45, 7) is 5.07. The summed E-state index contributed by atoms with van der Waals surface area (Å²) in [6, 6.07) is -0.586. The monoisotopic (exact) mass is 279 g/mol. The van der Waals surface area contributed by atoms with Crippen LogP contribution in [-0.2, 0) is 0 Å². The maximum atomic E-state index is 12.1. The van der Waals surface area contributed by atoms with Crippen molar-refractivity contribution in [3.63, 3.8) is 0 Å². The third-order valence-electron chi connectivity index (χ3n) is 2.56. The minimum atomic E-state index is -0.586. The van der Waals surface area contributed by atoms with E-state index < -0.39 is 17.5 Å². The van der Waals surface area contributed by atoms with Crippen molar-refractivity contribution < 1.29 is 9.90 Å². The van der Waals surface area contributed by atoms with Gasteiger partial charge in [-0.05, 0) is 6.92 Å². The van der Waals surface area contributed by atoms with Gasteiger partial charge in [-0.2, -0.15) is 0 Å². The number of aliphatic hydroxyl groups excluding tert-OH is 1. The first-order chi connectivity index (χ1) is 9.06. The van der Waals surface area contributed by atoms with Crippen LogP contribution in [0.4, 0.5) is 0 Å². The van der Waals surface area contributed by atoms with Crippen molar-refractivity contribution in [3.05, 3.63) is 45.8 Å². The molecule has 2 heterocycles. The average molecular weight is 279 g/mol. The highest BCUT2D eigenvalue weighted by molar-refractivity contribution is 7.16. The molecule has 2 aromatic heterocycles. The quantitative estimate of drug-likeness (QED) is 0.791. The molecule has 0 aliphatic carbocycles. The minimum absolute atomic E-state index is 0.0596. The van der Waals surface area contributed by atoms with Crippen LogP contribution in [0.3, 0.4) is 0 Å². The number of rotatable bonds is 4. The number of nitrogens with one attached hydrogen (secondary N) is 1. The first-order valence-corrected chi connectivity index (χ1v) is 6.40. The molecule has 0 aromatic carbocycles. The number of thiazole rings is 1. The Kier molecular flexibility index (Phi) is 3.77. The van der Waals surface area contributed by atoms with Gasteiger partial charge in [0.2, 0.25) is 0 Å². The number of aromatic nitrogens is 2. The lowest BCUT2D eigenvalue weighted by Gasteiger charge is -2.10. The van der Waals surface area contributed by atoms with Gasteiger partial charge >= 0.3 is 0 Å². The minimum Gasteiger partial charge on any atom is -0.394 e. The summed E-state index contributed by atoms with van der Waals surface area (Å²) in [5.41, 5.74) is -0.483. The number of fused-ring (bicyclic) bond motifs is 1. The van der Waals surface area contributed by atoms with Crippen LogP contribution in [0.25, 0.3) is 4.96 Å². The Morgan fingerprint density at radius 3 is 3.11 bits per heavy atom. The Hall–Kier alpha value is -1.99. The van der Waals surface area contributed by atoms with Gasteiger partial charge in [0.05, 0.1) is 12.6 Å². The van der Waals surface area contributed by atoms with Gasteiger partial charge in [-0.15, -0.1) is 17.9 Å². The van der Waals surface area contributed by atoms with E-state index in [0.29, 0.717) is 4.96 Å². The molecule has 0 radical (unpaired) electrons. The van der Waals surface area contributed by atoms with Crippen LogP contribution < -0.4 is 10.9 Å². The summed E-state index contributed by atoms with van der Waals surface area (Å²) >= 11 is 1.37. The van der Waals surface area contributed by atoms with Gasteiger partial charge < -0.3 is 10.4 Å². The molecule has 7 heteroatoms. The average Bonchev–Trinajstić information content (AvgIpc) is 2.77. The molecule has 100 valence electrons. The molecule has 0 saturated carbocycles. The summed E-state index contributed by atoms with van der Waals surface area (Å²) in [7, 11) is 0. The second-order valence-corrected chi connectivity index (χ2v) is 5.18. The van der Waals surface area contributed by atoms with E-state index in [-0.39, 0.29) is 12.2 Å². The van der Waals surface area contributed by atoms with Crippen molar-refractivity contribution in [2.24, 2.45) is 0 Å². The summed E-state index contributed by atoms with van der Waals surface area (Å²) in [5.74, 6) is -0.574. The second-order valence-electron chi connectivity index (χ2n) is 3.97. The number of hydrogen-bond donors (Lipinski definition) is 2. The predicted molar refractivity (Wildman–Crippen MR) is 72.6 cm³/mol.